The van der Waals surface area contributed by atoms with Gasteiger partial charge in [0.25, 0.3) is 0 Å². The first-order valence-electron chi connectivity index (χ1n) is 9.81. The number of nitrogens with zero attached hydrogens (tertiary/aromatic N) is 1. The zero-order valence-electron chi connectivity index (χ0n) is 15.1. The fourth-order valence-electron chi connectivity index (χ4n) is 7.33. The minimum absolute atomic E-state index is 0.0154. The van der Waals surface area contributed by atoms with E-state index in [9.17, 15) is 9.59 Å². The van der Waals surface area contributed by atoms with Crippen molar-refractivity contribution in [2.75, 3.05) is 12.0 Å². The Bertz CT molecular complexity index is 832. The molecule has 4 fully saturated rings. The molecule has 26 heavy (non-hydrogen) atoms. The molecule has 134 valence electrons. The first kappa shape index (κ1) is 15.0. The Morgan fingerprint density at radius 1 is 0.962 bits per heavy atom. The number of ether oxygens (including phenoxy) is 1. The smallest absolute Gasteiger partial charge is 0.238 e. The van der Waals surface area contributed by atoms with E-state index in [1.807, 2.05) is 25.1 Å². The number of allylic oxidation sites excluding steroid dienone is 2. The molecule has 5 aliphatic rings. The van der Waals surface area contributed by atoms with Crippen molar-refractivity contribution in [1.82, 2.24) is 0 Å². The lowest BCUT2D eigenvalue weighted by Gasteiger charge is -2.36. The summed E-state index contributed by atoms with van der Waals surface area (Å²) in [5.41, 5.74) is 1.66. The topological polar surface area (TPSA) is 46.6 Å². The van der Waals surface area contributed by atoms with Gasteiger partial charge in [0, 0.05) is 0 Å². The third kappa shape index (κ3) is 1.58. The number of amides is 2. The predicted molar refractivity (Wildman–Crippen MR) is 96.5 cm³/mol. The number of hydrogen-bond acceptors (Lipinski definition) is 3. The van der Waals surface area contributed by atoms with Gasteiger partial charge < -0.3 is 4.74 Å². The standard InChI is InChI=1S/C22H23NO3/c1-10-3-6-16(26-2)15(7-10)23-21(24)19-13-9-14(20(19)22(23)25)18-12-5-4-11(8-12)17(13)18/h3-7,11-14,17-20H,8-9H2,1-2H3. The van der Waals surface area contributed by atoms with E-state index in [-0.39, 0.29) is 23.7 Å². The summed E-state index contributed by atoms with van der Waals surface area (Å²) in [4.78, 5) is 28.2. The van der Waals surface area contributed by atoms with Crippen LogP contribution in [0.3, 0.4) is 0 Å². The molecule has 2 amide bonds. The van der Waals surface area contributed by atoms with Crippen LogP contribution in [0.1, 0.15) is 18.4 Å². The zero-order valence-corrected chi connectivity index (χ0v) is 15.1. The first-order valence-corrected chi connectivity index (χ1v) is 9.81. The van der Waals surface area contributed by atoms with E-state index < -0.39 is 0 Å². The molecule has 3 saturated carbocycles. The van der Waals surface area contributed by atoms with Gasteiger partial charge in [-0.25, -0.2) is 4.90 Å². The van der Waals surface area contributed by atoms with Crippen LogP contribution in [0.5, 0.6) is 5.75 Å². The Morgan fingerprint density at radius 3 is 2.15 bits per heavy atom. The van der Waals surface area contributed by atoms with Crippen molar-refractivity contribution in [3.8, 4) is 5.75 Å². The molecule has 0 spiro atoms. The summed E-state index contributed by atoms with van der Waals surface area (Å²) in [7, 11) is 1.59. The van der Waals surface area contributed by atoms with E-state index >= 15 is 0 Å². The molecule has 6 rings (SSSR count). The van der Waals surface area contributed by atoms with Crippen LogP contribution in [-0.4, -0.2) is 18.9 Å². The van der Waals surface area contributed by atoms with Gasteiger partial charge in [0.1, 0.15) is 5.75 Å². The maximum atomic E-state index is 13.4. The van der Waals surface area contributed by atoms with E-state index in [4.69, 9.17) is 4.74 Å². The molecule has 1 saturated heterocycles. The highest BCUT2D eigenvalue weighted by Crippen LogP contribution is 2.70. The molecule has 8 atom stereocenters. The second-order valence-corrected chi connectivity index (χ2v) is 8.91. The lowest BCUT2D eigenvalue weighted by atomic mass is 9.65. The molecule has 8 unspecified atom stereocenters. The van der Waals surface area contributed by atoms with Crippen molar-refractivity contribution in [2.24, 2.45) is 47.3 Å². The number of methoxy groups -OCH3 is 1. The highest BCUT2D eigenvalue weighted by atomic mass is 16.5. The highest BCUT2D eigenvalue weighted by molar-refractivity contribution is 6.23. The SMILES string of the molecule is COc1ccc(C)cc1N1C(=O)C2C3CC(C2C1=O)C1C2C=CC(C2)C31. The highest BCUT2D eigenvalue weighted by Gasteiger charge is 2.71. The van der Waals surface area contributed by atoms with Gasteiger partial charge in [-0.1, -0.05) is 18.2 Å². The molecule has 1 aromatic carbocycles. The minimum atomic E-state index is -0.105. The number of benzene rings is 1. The van der Waals surface area contributed by atoms with Crippen molar-refractivity contribution in [3.63, 3.8) is 0 Å². The van der Waals surface area contributed by atoms with Crippen LogP contribution in [0.15, 0.2) is 30.4 Å². The molecule has 1 aromatic rings. The number of carbonyl (C=O) groups is 2. The van der Waals surface area contributed by atoms with Crippen LogP contribution >= 0.6 is 0 Å². The summed E-state index contributed by atoms with van der Waals surface area (Å²) < 4.78 is 5.46. The van der Waals surface area contributed by atoms with E-state index in [0.29, 0.717) is 46.9 Å². The molecular weight excluding hydrogens is 326 g/mol. The van der Waals surface area contributed by atoms with Crippen LogP contribution in [0.25, 0.3) is 0 Å². The number of imide groups is 1. The van der Waals surface area contributed by atoms with Crippen LogP contribution in [0.2, 0.25) is 0 Å². The summed E-state index contributed by atoms with van der Waals surface area (Å²) in [6.45, 7) is 1.98. The summed E-state index contributed by atoms with van der Waals surface area (Å²) in [6, 6.07) is 5.71. The largest absolute Gasteiger partial charge is 0.495 e. The van der Waals surface area contributed by atoms with Crippen molar-refractivity contribution < 1.29 is 14.3 Å². The van der Waals surface area contributed by atoms with Crippen LogP contribution < -0.4 is 9.64 Å². The lowest BCUT2D eigenvalue weighted by Crippen LogP contribution is -2.38. The fourth-order valence-corrected chi connectivity index (χ4v) is 7.33. The van der Waals surface area contributed by atoms with Crippen LogP contribution in [-0.2, 0) is 9.59 Å². The van der Waals surface area contributed by atoms with Gasteiger partial charge in [0.15, 0.2) is 0 Å². The van der Waals surface area contributed by atoms with Crippen molar-refractivity contribution >= 4 is 17.5 Å². The number of aryl methyl sites for hydroxylation is 1. The number of anilines is 1. The van der Waals surface area contributed by atoms with Crippen LogP contribution in [0.4, 0.5) is 5.69 Å². The Labute approximate surface area is 153 Å². The van der Waals surface area contributed by atoms with Gasteiger partial charge >= 0.3 is 0 Å². The molecular formula is C22H23NO3. The number of hydrogen-bond donors (Lipinski definition) is 0. The van der Waals surface area contributed by atoms with Gasteiger partial charge in [0.2, 0.25) is 11.8 Å². The Morgan fingerprint density at radius 2 is 1.58 bits per heavy atom. The number of fused-ring (bicyclic) bond motifs is 12. The normalized spacial score (nSPS) is 44.2. The first-order chi connectivity index (χ1) is 12.6. The summed E-state index contributed by atoms with van der Waals surface area (Å²) in [5, 5.41) is 0. The molecule has 0 aromatic heterocycles. The van der Waals surface area contributed by atoms with Gasteiger partial charge in [-0.15, -0.1) is 0 Å². The molecule has 4 bridgehead atoms. The van der Waals surface area contributed by atoms with Crippen molar-refractivity contribution in [1.29, 1.82) is 0 Å². The van der Waals surface area contributed by atoms with E-state index in [2.05, 4.69) is 12.2 Å². The Balaban J connectivity index is 1.42. The van der Waals surface area contributed by atoms with E-state index in [0.717, 1.165) is 12.0 Å². The molecule has 0 radical (unpaired) electrons. The van der Waals surface area contributed by atoms with Gasteiger partial charge in [-0.05, 0) is 73.0 Å². The molecule has 4 heteroatoms. The van der Waals surface area contributed by atoms with Crippen LogP contribution in [0, 0.1) is 54.3 Å². The van der Waals surface area contributed by atoms with Gasteiger partial charge in [-0.3, -0.25) is 9.59 Å². The Kier molecular flexibility index (Phi) is 2.76. The summed E-state index contributed by atoms with van der Waals surface area (Å²) in [6.07, 6.45) is 7.09. The second-order valence-electron chi connectivity index (χ2n) is 8.91. The van der Waals surface area contributed by atoms with Gasteiger partial charge in [0.05, 0.1) is 24.6 Å². The van der Waals surface area contributed by atoms with E-state index in [1.165, 1.54) is 11.3 Å². The third-order valence-electron chi connectivity index (χ3n) is 8.01. The quantitative estimate of drug-likeness (QED) is 0.468. The van der Waals surface area contributed by atoms with Crippen molar-refractivity contribution in [3.05, 3.63) is 35.9 Å². The van der Waals surface area contributed by atoms with E-state index in [1.54, 1.807) is 7.11 Å². The summed E-state index contributed by atoms with van der Waals surface area (Å²) >= 11 is 0. The Hall–Kier alpha value is -2.10. The molecule has 4 nitrogen and oxygen atoms in total. The summed E-state index contributed by atoms with van der Waals surface area (Å²) in [5.74, 6) is 3.77. The maximum Gasteiger partial charge on any atom is 0.238 e. The maximum absolute atomic E-state index is 13.4. The number of carbonyl (C=O) groups excluding carboxylic acids is 2. The third-order valence-corrected chi connectivity index (χ3v) is 8.01. The molecule has 4 aliphatic carbocycles. The second kappa shape index (κ2) is 4.79. The monoisotopic (exact) mass is 349 g/mol. The minimum Gasteiger partial charge on any atom is -0.495 e. The average Bonchev–Trinajstić information content (AvgIpc) is 3.40. The van der Waals surface area contributed by atoms with Crippen molar-refractivity contribution in [2.45, 2.75) is 19.8 Å². The number of rotatable bonds is 2. The molecule has 1 heterocycles. The lowest BCUT2D eigenvalue weighted by molar-refractivity contribution is -0.123. The van der Waals surface area contributed by atoms with Gasteiger partial charge in [-0.2, -0.15) is 0 Å². The average molecular weight is 349 g/mol. The molecule has 0 N–H and O–H groups in total. The molecule has 1 aliphatic heterocycles. The predicted octanol–water partition coefficient (Wildman–Crippen LogP) is 3.20. The zero-order chi connectivity index (χ0) is 17.7. The fraction of sp³-hybridized carbons (Fsp3) is 0.545.